The summed E-state index contributed by atoms with van der Waals surface area (Å²) in [5.74, 6) is -0.548. The van der Waals surface area contributed by atoms with Gasteiger partial charge in [0.25, 0.3) is 5.91 Å². The zero-order valence-corrected chi connectivity index (χ0v) is 12.4. The molecule has 1 heterocycles. The molecule has 1 unspecified atom stereocenters. The van der Waals surface area contributed by atoms with E-state index in [0.717, 1.165) is 0 Å². The molecule has 1 atom stereocenters. The molecule has 1 fully saturated rings. The third-order valence-corrected chi connectivity index (χ3v) is 3.73. The molecular formula is C15H19N3O3. The van der Waals surface area contributed by atoms with Crippen molar-refractivity contribution < 1.29 is 14.4 Å². The molecule has 1 N–H and O–H groups in total. The van der Waals surface area contributed by atoms with Gasteiger partial charge in [0.05, 0.1) is 11.3 Å². The quantitative estimate of drug-likeness (QED) is 0.868. The average molecular weight is 289 g/mol. The van der Waals surface area contributed by atoms with Crippen LogP contribution in [0.2, 0.25) is 0 Å². The highest BCUT2D eigenvalue weighted by Crippen LogP contribution is 2.22. The van der Waals surface area contributed by atoms with Crippen LogP contribution in [0, 0.1) is 0 Å². The van der Waals surface area contributed by atoms with Crippen LogP contribution in [-0.2, 0) is 9.59 Å². The first kappa shape index (κ1) is 15.0. The Morgan fingerprint density at radius 3 is 2.67 bits per heavy atom. The molecule has 0 saturated carbocycles. The normalized spacial score (nSPS) is 18.1. The van der Waals surface area contributed by atoms with Crippen LogP contribution in [0.5, 0.6) is 0 Å². The fourth-order valence-corrected chi connectivity index (χ4v) is 2.33. The van der Waals surface area contributed by atoms with E-state index in [1.165, 1.54) is 16.7 Å². The molecule has 2 rings (SSSR count). The minimum atomic E-state index is -0.512. The molecule has 112 valence electrons. The van der Waals surface area contributed by atoms with Gasteiger partial charge in [-0.2, -0.15) is 0 Å². The summed E-state index contributed by atoms with van der Waals surface area (Å²) in [7, 11) is 1.63. The zero-order chi connectivity index (χ0) is 15.6. The number of piperazine rings is 1. The Balaban J connectivity index is 2.35. The van der Waals surface area contributed by atoms with Crippen LogP contribution in [0.1, 0.15) is 24.2 Å². The van der Waals surface area contributed by atoms with E-state index in [1.807, 2.05) is 0 Å². The van der Waals surface area contributed by atoms with Gasteiger partial charge in [-0.1, -0.05) is 12.1 Å². The Morgan fingerprint density at radius 1 is 1.33 bits per heavy atom. The molecule has 0 aromatic heterocycles. The molecule has 0 spiro atoms. The van der Waals surface area contributed by atoms with Crippen LogP contribution in [0.3, 0.4) is 0 Å². The number of nitrogens with zero attached hydrogens (tertiary/aromatic N) is 2. The maximum atomic E-state index is 12.7. The number of nitrogens with one attached hydrogen (secondary N) is 1. The number of carbonyl (C=O) groups excluding carboxylic acids is 3. The number of para-hydroxylation sites is 1. The van der Waals surface area contributed by atoms with E-state index in [0.29, 0.717) is 24.3 Å². The molecule has 3 amide bonds. The molecule has 0 bridgehead atoms. The lowest BCUT2D eigenvalue weighted by atomic mass is 10.1. The number of anilines is 1. The number of hydrogen-bond donors (Lipinski definition) is 1. The van der Waals surface area contributed by atoms with Gasteiger partial charge in [-0.15, -0.1) is 0 Å². The summed E-state index contributed by atoms with van der Waals surface area (Å²) in [6.07, 6.45) is 0. The van der Waals surface area contributed by atoms with Gasteiger partial charge in [-0.25, -0.2) is 0 Å². The highest BCUT2D eigenvalue weighted by atomic mass is 16.2. The van der Waals surface area contributed by atoms with Crippen molar-refractivity contribution in [2.75, 3.05) is 25.0 Å². The number of rotatable bonds is 2. The predicted molar refractivity (Wildman–Crippen MR) is 79.0 cm³/mol. The minimum absolute atomic E-state index is 0.153. The fraction of sp³-hybridized carbons (Fsp3) is 0.400. The molecule has 1 aromatic rings. The summed E-state index contributed by atoms with van der Waals surface area (Å²) in [6.45, 7) is 4.05. The van der Waals surface area contributed by atoms with Crippen LogP contribution in [0.4, 0.5) is 5.69 Å². The topological polar surface area (TPSA) is 69.7 Å². The molecule has 6 nitrogen and oxygen atoms in total. The number of carbonyl (C=O) groups is 3. The molecule has 21 heavy (non-hydrogen) atoms. The summed E-state index contributed by atoms with van der Waals surface area (Å²) in [5.41, 5.74) is 0.977. The Kier molecular flexibility index (Phi) is 4.26. The van der Waals surface area contributed by atoms with Gasteiger partial charge in [-0.05, 0) is 19.1 Å². The summed E-state index contributed by atoms with van der Waals surface area (Å²) in [5, 5.41) is 2.73. The van der Waals surface area contributed by atoms with Crippen LogP contribution >= 0.6 is 0 Å². The van der Waals surface area contributed by atoms with Crippen LogP contribution in [0.15, 0.2) is 24.3 Å². The standard InChI is InChI=1S/C15H19N3O3/c1-10-14(20)16-8-9-18(10)15(21)12-6-4-5-7-13(12)17(3)11(2)19/h4-7,10H,8-9H2,1-3H3,(H,16,20). The Hall–Kier alpha value is -2.37. The maximum absolute atomic E-state index is 12.7. The van der Waals surface area contributed by atoms with Gasteiger partial charge in [0, 0.05) is 27.1 Å². The van der Waals surface area contributed by atoms with Crippen molar-refractivity contribution >= 4 is 23.4 Å². The SMILES string of the molecule is CC(=O)N(C)c1ccccc1C(=O)N1CCNC(=O)C1C. The highest BCUT2D eigenvalue weighted by molar-refractivity contribution is 6.05. The molecular weight excluding hydrogens is 270 g/mol. The molecule has 1 aliphatic heterocycles. The van der Waals surface area contributed by atoms with Crippen molar-refractivity contribution in [2.24, 2.45) is 0 Å². The maximum Gasteiger partial charge on any atom is 0.256 e. The molecule has 6 heteroatoms. The van der Waals surface area contributed by atoms with E-state index in [1.54, 1.807) is 38.2 Å². The summed E-state index contributed by atoms with van der Waals surface area (Å²) in [4.78, 5) is 38.9. The van der Waals surface area contributed by atoms with Gasteiger partial charge in [-0.3, -0.25) is 14.4 Å². The predicted octanol–water partition coefficient (Wildman–Crippen LogP) is 0.630. The molecule has 0 aliphatic carbocycles. The van der Waals surface area contributed by atoms with Gasteiger partial charge in [0.15, 0.2) is 0 Å². The lowest BCUT2D eigenvalue weighted by molar-refractivity contribution is -0.127. The lowest BCUT2D eigenvalue weighted by Gasteiger charge is -2.33. The second-order valence-electron chi connectivity index (χ2n) is 5.06. The average Bonchev–Trinajstić information content (AvgIpc) is 2.48. The third kappa shape index (κ3) is 2.89. The Bertz CT molecular complexity index is 585. The molecule has 0 radical (unpaired) electrons. The Morgan fingerprint density at radius 2 is 2.00 bits per heavy atom. The summed E-state index contributed by atoms with van der Waals surface area (Å²) in [6, 6.07) is 6.42. The highest BCUT2D eigenvalue weighted by Gasteiger charge is 2.31. The van der Waals surface area contributed by atoms with Crippen molar-refractivity contribution in [3.8, 4) is 0 Å². The monoisotopic (exact) mass is 289 g/mol. The molecule has 1 aromatic carbocycles. The van der Waals surface area contributed by atoms with Crippen molar-refractivity contribution in [3.05, 3.63) is 29.8 Å². The number of benzene rings is 1. The fourth-order valence-electron chi connectivity index (χ4n) is 2.33. The van der Waals surface area contributed by atoms with E-state index in [4.69, 9.17) is 0 Å². The molecule has 1 aliphatic rings. The van der Waals surface area contributed by atoms with E-state index in [9.17, 15) is 14.4 Å². The third-order valence-electron chi connectivity index (χ3n) is 3.73. The van der Waals surface area contributed by atoms with Crippen LogP contribution in [-0.4, -0.2) is 48.8 Å². The number of hydrogen-bond acceptors (Lipinski definition) is 3. The zero-order valence-electron chi connectivity index (χ0n) is 12.4. The van der Waals surface area contributed by atoms with E-state index in [-0.39, 0.29) is 17.7 Å². The van der Waals surface area contributed by atoms with Gasteiger partial charge in [0.2, 0.25) is 11.8 Å². The van der Waals surface area contributed by atoms with Crippen molar-refractivity contribution in [1.82, 2.24) is 10.2 Å². The van der Waals surface area contributed by atoms with Crippen LogP contribution < -0.4 is 10.2 Å². The van der Waals surface area contributed by atoms with E-state index < -0.39 is 6.04 Å². The second-order valence-corrected chi connectivity index (χ2v) is 5.06. The smallest absolute Gasteiger partial charge is 0.256 e. The largest absolute Gasteiger partial charge is 0.353 e. The first-order valence-electron chi connectivity index (χ1n) is 6.85. The lowest BCUT2D eigenvalue weighted by Crippen LogP contribution is -2.56. The van der Waals surface area contributed by atoms with E-state index >= 15 is 0 Å². The molecule has 1 saturated heterocycles. The van der Waals surface area contributed by atoms with E-state index in [2.05, 4.69) is 5.32 Å². The summed E-state index contributed by atoms with van der Waals surface area (Å²) >= 11 is 0. The number of amides is 3. The minimum Gasteiger partial charge on any atom is -0.353 e. The second kappa shape index (κ2) is 5.95. The first-order chi connectivity index (χ1) is 9.93. The van der Waals surface area contributed by atoms with Gasteiger partial charge >= 0.3 is 0 Å². The first-order valence-corrected chi connectivity index (χ1v) is 6.85. The summed E-state index contributed by atoms with van der Waals surface area (Å²) < 4.78 is 0. The Labute approximate surface area is 123 Å². The van der Waals surface area contributed by atoms with Gasteiger partial charge < -0.3 is 15.1 Å². The van der Waals surface area contributed by atoms with Gasteiger partial charge in [0.1, 0.15) is 6.04 Å². The van der Waals surface area contributed by atoms with Crippen molar-refractivity contribution in [3.63, 3.8) is 0 Å². The van der Waals surface area contributed by atoms with Crippen molar-refractivity contribution in [1.29, 1.82) is 0 Å². The van der Waals surface area contributed by atoms with Crippen molar-refractivity contribution in [2.45, 2.75) is 19.9 Å². The van der Waals surface area contributed by atoms with Crippen LogP contribution in [0.25, 0.3) is 0 Å².